The van der Waals surface area contributed by atoms with E-state index in [1.165, 1.54) is 12.1 Å². The van der Waals surface area contributed by atoms with Crippen molar-refractivity contribution in [3.05, 3.63) is 65.5 Å². The summed E-state index contributed by atoms with van der Waals surface area (Å²) in [5.74, 6) is 0. The molecule has 2 amide bonds. The highest BCUT2D eigenvalue weighted by molar-refractivity contribution is 5.73. The molecule has 0 aliphatic carbocycles. The van der Waals surface area contributed by atoms with Crippen LogP contribution in [-0.2, 0) is 19.0 Å². The molecular weight excluding hydrogens is 319 g/mol. The molecule has 4 nitrogen and oxygen atoms in total. The zero-order chi connectivity index (χ0) is 17.4. The number of nitrogens with one attached hydrogen (secondary N) is 2. The van der Waals surface area contributed by atoms with Crippen molar-refractivity contribution >= 4 is 6.03 Å². The molecule has 0 aliphatic rings. The second-order valence-electron chi connectivity index (χ2n) is 5.20. The van der Waals surface area contributed by atoms with E-state index in [9.17, 15) is 18.0 Å². The highest BCUT2D eigenvalue weighted by Crippen LogP contribution is 2.29. The first kappa shape index (κ1) is 17.8. The zero-order valence-electron chi connectivity index (χ0n) is 12.9. The minimum absolute atomic E-state index is 0.308. The number of amides is 2. The first-order chi connectivity index (χ1) is 11.4. The molecule has 0 atom stereocenters. The maximum atomic E-state index is 12.4. The number of aromatic nitrogens is 1. The Morgan fingerprint density at radius 2 is 1.62 bits per heavy atom. The molecule has 0 aliphatic heterocycles. The van der Waals surface area contributed by atoms with Gasteiger partial charge in [-0.3, -0.25) is 4.98 Å². The van der Waals surface area contributed by atoms with Gasteiger partial charge in [0.1, 0.15) is 0 Å². The van der Waals surface area contributed by atoms with Crippen LogP contribution in [0.15, 0.2) is 48.7 Å². The SMILES string of the molecule is O=C(NCCc1ccc(C(F)(F)F)cc1)NCCc1ccccn1. The number of carbonyl (C=O) groups is 1. The molecule has 0 saturated heterocycles. The highest BCUT2D eigenvalue weighted by Gasteiger charge is 2.29. The number of nitrogens with zero attached hydrogens (tertiary/aromatic N) is 1. The standard InChI is InChI=1S/C17H18F3N3O/c18-17(19,20)14-6-4-13(5-7-14)8-11-22-16(24)23-12-9-15-3-1-2-10-21-15/h1-7,10H,8-9,11-12H2,(H2,22,23,24). The molecule has 0 unspecified atom stereocenters. The maximum Gasteiger partial charge on any atom is 0.416 e. The van der Waals surface area contributed by atoms with Gasteiger partial charge in [0.15, 0.2) is 0 Å². The van der Waals surface area contributed by atoms with Crippen LogP contribution < -0.4 is 10.6 Å². The molecule has 24 heavy (non-hydrogen) atoms. The molecule has 0 saturated carbocycles. The summed E-state index contributed by atoms with van der Waals surface area (Å²) >= 11 is 0. The van der Waals surface area contributed by atoms with Crippen molar-refractivity contribution in [2.45, 2.75) is 19.0 Å². The lowest BCUT2D eigenvalue weighted by Crippen LogP contribution is -2.37. The van der Waals surface area contributed by atoms with Crippen LogP contribution >= 0.6 is 0 Å². The van der Waals surface area contributed by atoms with Crippen LogP contribution in [0.3, 0.4) is 0 Å². The number of carbonyl (C=O) groups excluding carboxylic acids is 1. The largest absolute Gasteiger partial charge is 0.416 e. The molecule has 0 bridgehead atoms. The topological polar surface area (TPSA) is 54.0 Å². The Morgan fingerprint density at radius 3 is 2.21 bits per heavy atom. The third kappa shape index (κ3) is 5.91. The molecule has 2 aromatic rings. The Kier molecular flexibility index (Phi) is 6.17. The average Bonchev–Trinajstić information content (AvgIpc) is 2.55. The monoisotopic (exact) mass is 337 g/mol. The predicted octanol–water partition coefficient (Wildman–Crippen LogP) is 3.18. The van der Waals surface area contributed by atoms with Gasteiger partial charge in [0.25, 0.3) is 0 Å². The Bertz CT molecular complexity index is 642. The van der Waals surface area contributed by atoms with Crippen molar-refractivity contribution in [2.75, 3.05) is 13.1 Å². The molecule has 1 aromatic heterocycles. The van der Waals surface area contributed by atoms with Gasteiger partial charge in [0, 0.05) is 31.4 Å². The number of rotatable bonds is 6. The summed E-state index contributed by atoms with van der Waals surface area (Å²) < 4.78 is 37.3. The van der Waals surface area contributed by atoms with Crippen molar-refractivity contribution in [1.29, 1.82) is 0 Å². The van der Waals surface area contributed by atoms with Crippen molar-refractivity contribution in [3.8, 4) is 0 Å². The molecule has 1 heterocycles. The average molecular weight is 337 g/mol. The third-order valence-electron chi connectivity index (χ3n) is 3.37. The molecular formula is C17H18F3N3O. The van der Waals surface area contributed by atoms with Crippen molar-refractivity contribution in [1.82, 2.24) is 15.6 Å². The lowest BCUT2D eigenvalue weighted by Gasteiger charge is -2.09. The Hall–Kier alpha value is -2.57. The van der Waals surface area contributed by atoms with E-state index in [1.807, 2.05) is 18.2 Å². The van der Waals surface area contributed by atoms with Crippen LogP contribution in [0.2, 0.25) is 0 Å². The van der Waals surface area contributed by atoms with Crippen LogP contribution in [0.5, 0.6) is 0 Å². The number of benzene rings is 1. The fourth-order valence-electron chi connectivity index (χ4n) is 2.09. The van der Waals surface area contributed by atoms with E-state index < -0.39 is 11.7 Å². The first-order valence-electron chi connectivity index (χ1n) is 7.53. The lowest BCUT2D eigenvalue weighted by atomic mass is 10.1. The molecule has 0 radical (unpaired) electrons. The van der Waals surface area contributed by atoms with Crippen LogP contribution in [0.25, 0.3) is 0 Å². The van der Waals surface area contributed by atoms with Gasteiger partial charge in [-0.2, -0.15) is 13.2 Å². The summed E-state index contributed by atoms with van der Waals surface area (Å²) in [6, 6.07) is 10.2. The third-order valence-corrected chi connectivity index (χ3v) is 3.37. The van der Waals surface area contributed by atoms with Crippen LogP contribution in [0.4, 0.5) is 18.0 Å². The number of halogens is 3. The van der Waals surface area contributed by atoms with Gasteiger partial charge in [-0.15, -0.1) is 0 Å². The van der Waals surface area contributed by atoms with Gasteiger partial charge in [0.05, 0.1) is 5.56 Å². The van der Waals surface area contributed by atoms with Crippen LogP contribution in [-0.4, -0.2) is 24.1 Å². The van der Waals surface area contributed by atoms with Gasteiger partial charge in [-0.1, -0.05) is 18.2 Å². The number of pyridine rings is 1. The van der Waals surface area contributed by atoms with E-state index >= 15 is 0 Å². The Labute approximate surface area is 138 Å². The van der Waals surface area contributed by atoms with E-state index in [4.69, 9.17) is 0 Å². The summed E-state index contributed by atoms with van der Waals surface area (Å²) in [6.45, 7) is 0.809. The summed E-state index contributed by atoms with van der Waals surface area (Å²) in [4.78, 5) is 15.8. The number of alkyl halides is 3. The molecule has 2 rings (SSSR count). The van der Waals surface area contributed by atoms with Crippen LogP contribution in [0.1, 0.15) is 16.8 Å². The fourth-order valence-corrected chi connectivity index (χ4v) is 2.09. The second-order valence-corrected chi connectivity index (χ2v) is 5.20. The van der Waals surface area contributed by atoms with Gasteiger partial charge < -0.3 is 10.6 Å². The lowest BCUT2D eigenvalue weighted by molar-refractivity contribution is -0.137. The van der Waals surface area contributed by atoms with Crippen molar-refractivity contribution < 1.29 is 18.0 Å². The van der Waals surface area contributed by atoms with E-state index in [-0.39, 0.29) is 6.03 Å². The second kappa shape index (κ2) is 8.33. The van der Waals surface area contributed by atoms with Crippen LogP contribution in [0, 0.1) is 0 Å². The molecule has 2 N–H and O–H groups in total. The highest BCUT2D eigenvalue weighted by atomic mass is 19.4. The quantitative estimate of drug-likeness (QED) is 0.851. The molecule has 1 aromatic carbocycles. The minimum Gasteiger partial charge on any atom is -0.338 e. The summed E-state index contributed by atoms with van der Waals surface area (Å²) in [6.07, 6.45) is -1.54. The van der Waals surface area contributed by atoms with Gasteiger partial charge >= 0.3 is 12.2 Å². The number of urea groups is 1. The molecule has 0 fully saturated rings. The van der Waals surface area contributed by atoms with Crippen molar-refractivity contribution in [3.63, 3.8) is 0 Å². The van der Waals surface area contributed by atoms with E-state index in [1.54, 1.807) is 6.20 Å². The summed E-state index contributed by atoms with van der Waals surface area (Å²) in [5.41, 5.74) is 0.950. The van der Waals surface area contributed by atoms with Crippen molar-refractivity contribution in [2.24, 2.45) is 0 Å². The molecule has 7 heteroatoms. The summed E-state index contributed by atoms with van der Waals surface area (Å²) in [7, 11) is 0. The fraction of sp³-hybridized carbons (Fsp3) is 0.294. The normalized spacial score (nSPS) is 11.1. The first-order valence-corrected chi connectivity index (χ1v) is 7.53. The zero-order valence-corrected chi connectivity index (χ0v) is 12.9. The maximum absolute atomic E-state index is 12.4. The minimum atomic E-state index is -4.33. The molecule has 0 spiro atoms. The van der Waals surface area contributed by atoms with Gasteiger partial charge in [-0.25, -0.2) is 4.79 Å². The Morgan fingerprint density at radius 1 is 0.958 bits per heavy atom. The summed E-state index contributed by atoms with van der Waals surface area (Å²) in [5, 5.41) is 5.38. The number of hydrogen-bond donors (Lipinski definition) is 2. The smallest absolute Gasteiger partial charge is 0.338 e. The Balaban J connectivity index is 1.65. The van der Waals surface area contributed by atoms with E-state index in [0.717, 1.165) is 23.4 Å². The van der Waals surface area contributed by atoms with Gasteiger partial charge in [-0.05, 0) is 36.2 Å². The molecule has 128 valence electrons. The van der Waals surface area contributed by atoms with E-state index in [0.29, 0.717) is 25.9 Å². The predicted molar refractivity (Wildman–Crippen MR) is 84.5 cm³/mol. The van der Waals surface area contributed by atoms with E-state index in [2.05, 4.69) is 15.6 Å². The van der Waals surface area contributed by atoms with Gasteiger partial charge in [0.2, 0.25) is 0 Å². The number of hydrogen-bond acceptors (Lipinski definition) is 2.